The number of benzene rings is 2. The fourth-order valence-electron chi connectivity index (χ4n) is 2.96. The van der Waals surface area contributed by atoms with Crippen LogP contribution in [0.25, 0.3) is 0 Å². The van der Waals surface area contributed by atoms with Crippen molar-refractivity contribution in [2.45, 2.75) is 19.1 Å². The average Bonchev–Trinajstić information content (AvgIpc) is 3.20. The second kappa shape index (κ2) is 10.7. The molecule has 1 aliphatic heterocycles. The van der Waals surface area contributed by atoms with Crippen LogP contribution in [0.2, 0.25) is 0 Å². The van der Waals surface area contributed by atoms with Crippen molar-refractivity contribution in [1.29, 1.82) is 0 Å². The zero-order valence-electron chi connectivity index (χ0n) is 16.7. The number of phenolic OH excluding ortho intramolecular Hbond substituents is 1. The SMILES string of the molecule is CCO[C@@H](/C=C/C(=O)O)[C@@H](OC(=O)Nc1ccc2c(c1)OCO2)c1cc(Br)cc(Br)c1O. The van der Waals surface area contributed by atoms with Gasteiger partial charge in [0.15, 0.2) is 17.6 Å². The molecule has 0 aliphatic carbocycles. The Morgan fingerprint density at radius 1 is 1.22 bits per heavy atom. The van der Waals surface area contributed by atoms with Crippen LogP contribution in [-0.2, 0) is 14.3 Å². The van der Waals surface area contributed by atoms with Gasteiger partial charge in [0, 0.05) is 34.5 Å². The molecule has 2 aromatic rings. The summed E-state index contributed by atoms with van der Waals surface area (Å²) in [5, 5.41) is 22.2. The third kappa shape index (κ3) is 5.93. The minimum absolute atomic E-state index is 0.0916. The van der Waals surface area contributed by atoms with Crippen molar-refractivity contribution >= 4 is 49.6 Å². The molecule has 1 amide bonds. The molecule has 0 spiro atoms. The fourth-order valence-corrected chi connectivity index (χ4v) is 4.22. The molecular weight excluding hydrogens is 554 g/mol. The van der Waals surface area contributed by atoms with Crippen molar-refractivity contribution in [3.05, 3.63) is 57.0 Å². The van der Waals surface area contributed by atoms with Crippen molar-refractivity contribution in [2.24, 2.45) is 0 Å². The summed E-state index contributed by atoms with van der Waals surface area (Å²) in [5.74, 6) is -0.342. The van der Waals surface area contributed by atoms with Crippen LogP contribution in [0.4, 0.5) is 10.5 Å². The largest absolute Gasteiger partial charge is 0.506 e. The number of rotatable bonds is 8. The van der Waals surface area contributed by atoms with Crippen LogP contribution in [0.15, 0.2) is 51.4 Å². The first kappa shape index (κ1) is 23.9. The Labute approximate surface area is 200 Å². The van der Waals surface area contributed by atoms with Gasteiger partial charge in [0.2, 0.25) is 6.79 Å². The number of carboxylic acid groups (broad SMARTS) is 1. The van der Waals surface area contributed by atoms with E-state index < -0.39 is 24.3 Å². The molecule has 2 atom stereocenters. The quantitative estimate of drug-likeness (QED) is 0.378. The van der Waals surface area contributed by atoms with Crippen LogP contribution in [0, 0.1) is 0 Å². The fraction of sp³-hybridized carbons (Fsp3) is 0.238. The highest BCUT2D eigenvalue weighted by atomic mass is 79.9. The third-order valence-corrected chi connectivity index (χ3v) is 5.37. The summed E-state index contributed by atoms with van der Waals surface area (Å²) in [6.07, 6.45) is -0.883. The van der Waals surface area contributed by atoms with Gasteiger partial charge in [-0.3, -0.25) is 5.32 Å². The van der Waals surface area contributed by atoms with Gasteiger partial charge in [0.1, 0.15) is 11.9 Å². The van der Waals surface area contributed by atoms with E-state index in [1.165, 1.54) is 6.08 Å². The van der Waals surface area contributed by atoms with E-state index in [9.17, 15) is 14.7 Å². The first-order valence-electron chi connectivity index (χ1n) is 9.36. The zero-order chi connectivity index (χ0) is 23.3. The van der Waals surface area contributed by atoms with Gasteiger partial charge < -0.3 is 29.2 Å². The van der Waals surface area contributed by atoms with Crippen molar-refractivity contribution in [3.8, 4) is 17.2 Å². The molecule has 0 fully saturated rings. The molecular formula is C21H19Br2NO8. The predicted octanol–water partition coefficient (Wildman–Crippen LogP) is 4.98. The number of phenols is 1. The molecule has 32 heavy (non-hydrogen) atoms. The highest BCUT2D eigenvalue weighted by molar-refractivity contribution is 9.11. The molecule has 0 radical (unpaired) electrons. The number of halogens is 2. The number of amides is 1. The molecule has 9 nitrogen and oxygen atoms in total. The lowest BCUT2D eigenvalue weighted by Crippen LogP contribution is -2.28. The minimum atomic E-state index is -1.20. The molecule has 170 valence electrons. The molecule has 1 aliphatic rings. The molecule has 2 aromatic carbocycles. The Hall–Kier alpha value is -2.76. The molecule has 3 N–H and O–H groups in total. The van der Waals surface area contributed by atoms with Gasteiger partial charge in [-0.2, -0.15) is 0 Å². The number of aromatic hydroxyl groups is 1. The van der Waals surface area contributed by atoms with Crippen molar-refractivity contribution in [3.63, 3.8) is 0 Å². The second-order valence-corrected chi connectivity index (χ2v) is 8.23. The topological polar surface area (TPSA) is 124 Å². The smallest absolute Gasteiger partial charge is 0.412 e. The van der Waals surface area contributed by atoms with E-state index in [0.717, 1.165) is 6.08 Å². The summed E-state index contributed by atoms with van der Waals surface area (Å²) >= 11 is 6.59. The van der Waals surface area contributed by atoms with Crippen molar-refractivity contribution in [2.75, 3.05) is 18.7 Å². The maximum absolute atomic E-state index is 12.7. The Bertz CT molecular complexity index is 1040. The average molecular weight is 573 g/mol. The summed E-state index contributed by atoms with van der Waals surface area (Å²) < 4.78 is 22.7. The number of aliphatic carboxylic acids is 1. The van der Waals surface area contributed by atoms with Crippen molar-refractivity contribution < 1.29 is 38.7 Å². The molecule has 0 saturated carbocycles. The van der Waals surface area contributed by atoms with Crippen molar-refractivity contribution in [1.82, 2.24) is 0 Å². The molecule has 11 heteroatoms. The number of ether oxygens (including phenoxy) is 4. The number of nitrogens with one attached hydrogen (secondary N) is 1. The maximum Gasteiger partial charge on any atom is 0.412 e. The van der Waals surface area contributed by atoms with Gasteiger partial charge in [0.25, 0.3) is 0 Å². The van der Waals surface area contributed by atoms with Crippen LogP contribution in [0.3, 0.4) is 0 Å². The molecule has 0 aromatic heterocycles. The summed E-state index contributed by atoms with van der Waals surface area (Å²) in [4.78, 5) is 23.8. The first-order chi connectivity index (χ1) is 15.3. The lowest BCUT2D eigenvalue weighted by Gasteiger charge is -2.26. The zero-order valence-corrected chi connectivity index (χ0v) is 19.9. The summed E-state index contributed by atoms with van der Waals surface area (Å²) in [7, 11) is 0. The summed E-state index contributed by atoms with van der Waals surface area (Å²) in [6.45, 7) is 2.00. The van der Waals surface area contributed by atoms with Gasteiger partial charge in [0.05, 0.1) is 4.47 Å². The number of carboxylic acids is 1. The lowest BCUT2D eigenvalue weighted by atomic mass is 10.0. The first-order valence-corrected chi connectivity index (χ1v) is 10.9. The summed E-state index contributed by atoms with van der Waals surface area (Å²) in [6, 6.07) is 8.01. The number of fused-ring (bicyclic) bond motifs is 1. The van der Waals surface area contributed by atoms with Gasteiger partial charge >= 0.3 is 12.1 Å². The lowest BCUT2D eigenvalue weighted by molar-refractivity contribution is -0.131. The Morgan fingerprint density at radius 2 is 1.97 bits per heavy atom. The van der Waals surface area contributed by atoms with Crippen LogP contribution < -0.4 is 14.8 Å². The van der Waals surface area contributed by atoms with E-state index in [2.05, 4.69) is 37.2 Å². The Kier molecular flexibility index (Phi) is 7.99. The van der Waals surface area contributed by atoms with Gasteiger partial charge in [-0.05, 0) is 53.2 Å². The standard InChI is InChI=1S/C21H19Br2NO8/c1-2-29-16(5-6-18(25)26)20(13-7-11(22)8-14(23)19(13)27)32-21(28)24-12-3-4-15-17(9-12)31-10-30-15/h3-9,16,20,27H,2,10H2,1H3,(H,24,28)(H,25,26)/b6-5+/t16-,20-/m0/s1. The number of hydrogen-bond acceptors (Lipinski definition) is 7. The number of carbonyl (C=O) groups is 2. The monoisotopic (exact) mass is 571 g/mol. The van der Waals surface area contributed by atoms with Gasteiger partial charge in [-0.15, -0.1) is 0 Å². The van der Waals surface area contributed by atoms with E-state index in [0.29, 0.717) is 26.1 Å². The minimum Gasteiger partial charge on any atom is -0.506 e. The molecule has 1 heterocycles. The van der Waals surface area contributed by atoms with E-state index in [-0.39, 0.29) is 24.7 Å². The number of carbonyl (C=O) groups excluding carboxylic acids is 1. The highest BCUT2D eigenvalue weighted by Crippen LogP contribution is 2.39. The van der Waals surface area contributed by atoms with Gasteiger partial charge in [-0.1, -0.05) is 15.9 Å². The van der Waals surface area contributed by atoms with E-state index in [1.54, 1.807) is 37.3 Å². The molecule has 0 bridgehead atoms. The Morgan fingerprint density at radius 3 is 2.69 bits per heavy atom. The maximum atomic E-state index is 12.7. The van der Waals surface area contributed by atoms with E-state index >= 15 is 0 Å². The second-order valence-electron chi connectivity index (χ2n) is 6.46. The van der Waals surface area contributed by atoms with E-state index in [4.69, 9.17) is 24.1 Å². The Balaban J connectivity index is 1.90. The summed E-state index contributed by atoms with van der Waals surface area (Å²) in [5.41, 5.74) is 0.604. The normalized spacial score (nSPS) is 14.2. The van der Waals surface area contributed by atoms with Crippen LogP contribution in [0.5, 0.6) is 17.2 Å². The predicted molar refractivity (Wildman–Crippen MR) is 121 cm³/mol. The molecule has 0 unspecified atom stereocenters. The van der Waals surface area contributed by atoms with E-state index in [1.807, 2.05) is 0 Å². The van der Waals surface area contributed by atoms with Crippen LogP contribution in [0.1, 0.15) is 18.6 Å². The molecule has 3 rings (SSSR count). The number of anilines is 1. The molecule has 0 saturated heterocycles. The third-order valence-electron chi connectivity index (χ3n) is 4.30. The van der Waals surface area contributed by atoms with Crippen LogP contribution >= 0.6 is 31.9 Å². The van der Waals surface area contributed by atoms with Gasteiger partial charge in [-0.25, -0.2) is 9.59 Å². The highest BCUT2D eigenvalue weighted by Gasteiger charge is 2.30. The van der Waals surface area contributed by atoms with Crippen LogP contribution in [-0.4, -0.2) is 41.8 Å². The number of hydrogen-bond donors (Lipinski definition) is 3.